The molecule has 0 amide bonds. The fourth-order valence-corrected chi connectivity index (χ4v) is 1.55. The van der Waals surface area contributed by atoms with Crippen molar-refractivity contribution in [2.24, 2.45) is 0 Å². The summed E-state index contributed by atoms with van der Waals surface area (Å²) < 4.78 is 9.38. The van der Waals surface area contributed by atoms with Crippen LogP contribution in [0.5, 0.6) is 0 Å². The predicted octanol–water partition coefficient (Wildman–Crippen LogP) is 1.63. The molecule has 0 aliphatic rings. The molecule has 1 atom stereocenters. The Kier molecular flexibility index (Phi) is 5.26. The van der Waals surface area contributed by atoms with Gasteiger partial charge in [0.25, 0.3) is 0 Å². The van der Waals surface area contributed by atoms with Crippen LogP contribution in [0.25, 0.3) is 0 Å². The summed E-state index contributed by atoms with van der Waals surface area (Å²) in [6, 6.07) is 6.31. The number of methoxy groups -OCH3 is 1. The summed E-state index contributed by atoms with van der Waals surface area (Å²) in [5.74, 6) is -1.29. The maximum Gasteiger partial charge on any atom is 0.338 e. The molecule has 5 nitrogen and oxygen atoms in total. The summed E-state index contributed by atoms with van der Waals surface area (Å²) in [6.07, 6.45) is -1.31. The van der Waals surface area contributed by atoms with Gasteiger partial charge in [-0.2, -0.15) is 0 Å². The van der Waals surface area contributed by atoms with Gasteiger partial charge in [-0.15, -0.1) is 0 Å². The molecule has 0 heterocycles. The lowest BCUT2D eigenvalue weighted by Gasteiger charge is -2.15. The largest absolute Gasteiger partial charge is 0.465 e. The van der Waals surface area contributed by atoms with Gasteiger partial charge in [-0.25, -0.2) is 9.59 Å². The smallest absolute Gasteiger partial charge is 0.338 e. The Morgan fingerprint density at radius 3 is 2.58 bits per heavy atom. The molecule has 0 aromatic heterocycles. The van der Waals surface area contributed by atoms with Crippen LogP contribution < -0.4 is 0 Å². The first kappa shape index (κ1) is 14.9. The van der Waals surface area contributed by atoms with E-state index >= 15 is 0 Å². The molecule has 5 heteroatoms. The molecule has 0 saturated carbocycles. The van der Waals surface area contributed by atoms with Crippen molar-refractivity contribution in [3.63, 3.8) is 0 Å². The molecular weight excluding hydrogens is 248 g/mol. The van der Waals surface area contributed by atoms with Crippen molar-refractivity contribution in [2.75, 3.05) is 13.7 Å². The van der Waals surface area contributed by atoms with Gasteiger partial charge in [-0.1, -0.05) is 24.8 Å². The quantitative estimate of drug-likeness (QED) is 0.646. The highest BCUT2D eigenvalue weighted by atomic mass is 16.5. The van der Waals surface area contributed by atoms with Crippen LogP contribution in [0.4, 0.5) is 0 Å². The normalized spacial score (nSPS) is 11.5. The summed E-state index contributed by atoms with van der Waals surface area (Å²) >= 11 is 0. The number of hydrogen-bond donors (Lipinski definition) is 1. The van der Waals surface area contributed by atoms with E-state index in [0.29, 0.717) is 0 Å². The predicted molar refractivity (Wildman–Crippen MR) is 68.5 cm³/mol. The number of carbonyl (C=O) groups is 2. The molecule has 0 fully saturated rings. The van der Waals surface area contributed by atoms with Crippen LogP contribution in [0, 0.1) is 0 Å². The molecule has 0 spiro atoms. The van der Waals surface area contributed by atoms with Crippen molar-refractivity contribution in [3.8, 4) is 0 Å². The first-order valence-corrected chi connectivity index (χ1v) is 5.74. The van der Waals surface area contributed by atoms with E-state index in [4.69, 9.17) is 4.74 Å². The minimum atomic E-state index is -1.31. The summed E-state index contributed by atoms with van der Waals surface area (Å²) in [5, 5.41) is 10.1. The van der Waals surface area contributed by atoms with Gasteiger partial charge in [-0.3, -0.25) is 0 Å². The second-order valence-electron chi connectivity index (χ2n) is 3.73. The standard InChI is InChI=1S/C14H16O5/c1-4-19-13(16)9(2)12(15)10-7-5-6-8-11(10)14(17)18-3/h5-8,12,15H,2,4H2,1,3H3. The van der Waals surface area contributed by atoms with Crippen LogP contribution in [0.3, 0.4) is 0 Å². The van der Waals surface area contributed by atoms with E-state index < -0.39 is 18.0 Å². The zero-order chi connectivity index (χ0) is 14.4. The maximum atomic E-state index is 11.6. The molecular formula is C14H16O5. The molecule has 102 valence electrons. The first-order chi connectivity index (χ1) is 9.02. The third-order valence-electron chi connectivity index (χ3n) is 2.53. The topological polar surface area (TPSA) is 72.8 Å². The van der Waals surface area contributed by atoms with Crippen molar-refractivity contribution >= 4 is 11.9 Å². The molecule has 0 bridgehead atoms. The van der Waals surface area contributed by atoms with E-state index in [2.05, 4.69) is 11.3 Å². The van der Waals surface area contributed by atoms with Gasteiger partial charge in [0.05, 0.1) is 24.9 Å². The molecule has 0 aliphatic heterocycles. The van der Waals surface area contributed by atoms with E-state index in [1.54, 1.807) is 19.1 Å². The van der Waals surface area contributed by atoms with E-state index in [9.17, 15) is 14.7 Å². The Balaban J connectivity index is 3.06. The lowest BCUT2D eigenvalue weighted by Crippen LogP contribution is -2.16. The SMILES string of the molecule is C=C(C(=O)OCC)C(O)c1ccccc1C(=O)OC. The summed E-state index contributed by atoms with van der Waals surface area (Å²) in [6.45, 7) is 5.34. The number of aliphatic hydroxyl groups is 1. The Hall–Kier alpha value is -2.14. The van der Waals surface area contributed by atoms with Gasteiger partial charge >= 0.3 is 11.9 Å². The first-order valence-electron chi connectivity index (χ1n) is 5.74. The lowest BCUT2D eigenvalue weighted by molar-refractivity contribution is -0.139. The fraction of sp³-hybridized carbons (Fsp3) is 0.286. The Bertz CT molecular complexity index is 492. The monoisotopic (exact) mass is 264 g/mol. The van der Waals surface area contributed by atoms with Gasteiger partial charge in [0.15, 0.2) is 0 Å². The van der Waals surface area contributed by atoms with Crippen LogP contribution >= 0.6 is 0 Å². The Morgan fingerprint density at radius 2 is 2.00 bits per heavy atom. The van der Waals surface area contributed by atoms with Gasteiger partial charge in [-0.05, 0) is 18.6 Å². The van der Waals surface area contributed by atoms with Gasteiger partial charge in [0, 0.05) is 0 Å². The molecule has 0 aliphatic carbocycles. The van der Waals surface area contributed by atoms with Gasteiger partial charge < -0.3 is 14.6 Å². The average molecular weight is 264 g/mol. The van der Waals surface area contributed by atoms with E-state index in [1.165, 1.54) is 19.2 Å². The number of carbonyl (C=O) groups excluding carboxylic acids is 2. The van der Waals surface area contributed by atoms with Crippen LogP contribution in [0.1, 0.15) is 28.9 Å². The number of aliphatic hydroxyl groups excluding tert-OH is 1. The van der Waals surface area contributed by atoms with Crippen LogP contribution in [-0.4, -0.2) is 30.8 Å². The van der Waals surface area contributed by atoms with E-state index in [1.807, 2.05) is 0 Å². The molecule has 0 radical (unpaired) electrons. The molecule has 19 heavy (non-hydrogen) atoms. The van der Waals surface area contributed by atoms with Crippen molar-refractivity contribution in [1.82, 2.24) is 0 Å². The third-order valence-corrected chi connectivity index (χ3v) is 2.53. The minimum Gasteiger partial charge on any atom is -0.465 e. The fourth-order valence-electron chi connectivity index (χ4n) is 1.55. The van der Waals surface area contributed by atoms with Crippen LogP contribution in [-0.2, 0) is 14.3 Å². The van der Waals surface area contributed by atoms with Crippen molar-refractivity contribution < 1.29 is 24.2 Å². The van der Waals surface area contributed by atoms with Gasteiger partial charge in [0.2, 0.25) is 0 Å². The number of ether oxygens (including phenoxy) is 2. The zero-order valence-electron chi connectivity index (χ0n) is 10.9. The van der Waals surface area contributed by atoms with E-state index in [0.717, 1.165) is 0 Å². The van der Waals surface area contributed by atoms with Crippen molar-refractivity contribution in [2.45, 2.75) is 13.0 Å². The zero-order valence-corrected chi connectivity index (χ0v) is 10.9. The summed E-state index contributed by atoms with van der Waals surface area (Å²) in [5.41, 5.74) is 0.313. The molecule has 1 aromatic rings. The molecule has 1 N–H and O–H groups in total. The van der Waals surface area contributed by atoms with Crippen LogP contribution in [0.2, 0.25) is 0 Å². The number of esters is 2. The highest BCUT2D eigenvalue weighted by molar-refractivity contribution is 5.93. The van der Waals surface area contributed by atoms with Crippen molar-refractivity contribution in [1.29, 1.82) is 0 Å². The molecule has 0 saturated heterocycles. The number of rotatable bonds is 5. The Labute approximate surface area is 111 Å². The van der Waals surface area contributed by atoms with E-state index in [-0.39, 0.29) is 23.3 Å². The van der Waals surface area contributed by atoms with Gasteiger partial charge in [0.1, 0.15) is 6.10 Å². The second-order valence-corrected chi connectivity index (χ2v) is 3.73. The Morgan fingerprint density at radius 1 is 1.37 bits per heavy atom. The molecule has 1 aromatic carbocycles. The molecule has 1 unspecified atom stereocenters. The van der Waals surface area contributed by atoms with Crippen LogP contribution in [0.15, 0.2) is 36.4 Å². The average Bonchev–Trinajstić information content (AvgIpc) is 2.45. The highest BCUT2D eigenvalue weighted by Crippen LogP contribution is 2.25. The number of benzene rings is 1. The summed E-state index contributed by atoms with van der Waals surface area (Å²) in [4.78, 5) is 23.1. The lowest BCUT2D eigenvalue weighted by atomic mass is 9.97. The van der Waals surface area contributed by atoms with Crippen molar-refractivity contribution in [3.05, 3.63) is 47.5 Å². The minimum absolute atomic E-state index is 0.127. The maximum absolute atomic E-state index is 11.6. The second kappa shape index (κ2) is 6.70. The third kappa shape index (κ3) is 3.42. The number of hydrogen-bond acceptors (Lipinski definition) is 5. The molecule has 1 rings (SSSR count). The summed E-state index contributed by atoms with van der Waals surface area (Å²) in [7, 11) is 1.24. The highest BCUT2D eigenvalue weighted by Gasteiger charge is 2.24.